The van der Waals surface area contributed by atoms with Gasteiger partial charge in [-0.1, -0.05) is 5.11 Å². The SMILES string of the molecule is [N-]=[N+]=NCC1CC(=O)N(c2nc(Br)cnc2N)C1. The van der Waals surface area contributed by atoms with E-state index in [-0.39, 0.29) is 17.6 Å². The van der Waals surface area contributed by atoms with Gasteiger partial charge in [-0.3, -0.25) is 9.69 Å². The molecule has 1 aliphatic heterocycles. The Kier molecular flexibility index (Phi) is 3.63. The Bertz CT molecular complexity index is 528. The Morgan fingerprint density at radius 3 is 3.22 bits per heavy atom. The molecule has 8 nitrogen and oxygen atoms in total. The summed E-state index contributed by atoms with van der Waals surface area (Å²) in [6, 6.07) is 0. The lowest BCUT2D eigenvalue weighted by Gasteiger charge is -2.16. The number of anilines is 2. The first-order valence-electron chi connectivity index (χ1n) is 5.21. The molecule has 0 bridgehead atoms. The number of nitrogens with zero attached hydrogens (tertiary/aromatic N) is 6. The second-order valence-corrected chi connectivity index (χ2v) is 4.70. The zero-order valence-corrected chi connectivity index (χ0v) is 10.9. The molecule has 18 heavy (non-hydrogen) atoms. The molecule has 0 spiro atoms. The predicted octanol–water partition coefficient (Wildman–Crippen LogP) is 1.48. The van der Waals surface area contributed by atoms with Crippen LogP contribution in [0.5, 0.6) is 0 Å². The van der Waals surface area contributed by atoms with Crippen molar-refractivity contribution in [1.82, 2.24) is 9.97 Å². The number of halogens is 1. The van der Waals surface area contributed by atoms with Crippen LogP contribution in [0.3, 0.4) is 0 Å². The molecule has 1 saturated heterocycles. The topological polar surface area (TPSA) is 121 Å². The second kappa shape index (κ2) is 5.19. The van der Waals surface area contributed by atoms with Crippen LogP contribution in [0.1, 0.15) is 6.42 Å². The highest BCUT2D eigenvalue weighted by Gasteiger charge is 2.32. The van der Waals surface area contributed by atoms with Gasteiger partial charge < -0.3 is 5.73 Å². The van der Waals surface area contributed by atoms with Crippen molar-refractivity contribution in [3.63, 3.8) is 0 Å². The maximum Gasteiger partial charge on any atom is 0.228 e. The lowest BCUT2D eigenvalue weighted by Crippen LogP contribution is -2.27. The zero-order chi connectivity index (χ0) is 13.1. The summed E-state index contributed by atoms with van der Waals surface area (Å²) in [5.74, 6) is 0.453. The molecule has 0 aromatic carbocycles. The summed E-state index contributed by atoms with van der Waals surface area (Å²) in [5, 5.41) is 3.48. The van der Waals surface area contributed by atoms with Crippen molar-refractivity contribution >= 4 is 33.5 Å². The van der Waals surface area contributed by atoms with E-state index in [1.807, 2.05) is 0 Å². The first kappa shape index (κ1) is 12.6. The molecule has 2 N–H and O–H groups in total. The molecule has 1 aliphatic rings. The van der Waals surface area contributed by atoms with Crippen molar-refractivity contribution in [1.29, 1.82) is 0 Å². The first-order valence-corrected chi connectivity index (χ1v) is 6.00. The van der Waals surface area contributed by atoms with Gasteiger partial charge in [0, 0.05) is 24.4 Å². The molecule has 1 unspecified atom stereocenters. The van der Waals surface area contributed by atoms with Crippen molar-refractivity contribution in [2.24, 2.45) is 11.0 Å². The van der Waals surface area contributed by atoms with Gasteiger partial charge in [0.2, 0.25) is 5.91 Å². The summed E-state index contributed by atoms with van der Waals surface area (Å²) in [6.45, 7) is 0.729. The highest BCUT2D eigenvalue weighted by atomic mass is 79.9. The standard InChI is InChI=1S/C9H10BrN7O/c10-6-3-13-8(11)9(15-6)17-4-5(1-7(17)18)2-14-16-12/h3,5H,1-2,4H2,(H2,11,13). The fourth-order valence-corrected chi connectivity index (χ4v) is 2.10. The summed E-state index contributed by atoms with van der Waals surface area (Å²) in [6.07, 6.45) is 1.80. The third-order valence-corrected chi connectivity index (χ3v) is 3.00. The van der Waals surface area contributed by atoms with Crippen LogP contribution in [0, 0.1) is 5.92 Å². The fraction of sp³-hybridized carbons (Fsp3) is 0.444. The van der Waals surface area contributed by atoms with Gasteiger partial charge in [-0.25, -0.2) is 9.97 Å². The first-order chi connectivity index (χ1) is 8.61. The molecule has 1 fully saturated rings. The minimum absolute atomic E-state index is 0.00594. The third-order valence-electron chi connectivity index (χ3n) is 2.62. The molecule has 1 aromatic rings. The molecule has 2 rings (SSSR count). The van der Waals surface area contributed by atoms with Crippen LogP contribution in [-0.4, -0.2) is 29.0 Å². The molecule has 2 heterocycles. The number of nitrogen functional groups attached to an aromatic ring is 1. The number of nitrogens with two attached hydrogens (primary N) is 1. The molecular weight excluding hydrogens is 302 g/mol. The number of aromatic nitrogens is 2. The van der Waals surface area contributed by atoms with Gasteiger partial charge in [0.25, 0.3) is 0 Å². The maximum absolute atomic E-state index is 11.9. The lowest BCUT2D eigenvalue weighted by atomic mass is 10.1. The van der Waals surface area contributed by atoms with Crippen LogP contribution in [0.2, 0.25) is 0 Å². The Balaban J connectivity index is 2.21. The molecule has 94 valence electrons. The van der Waals surface area contributed by atoms with Gasteiger partial charge in [-0.05, 0) is 27.4 Å². The van der Waals surface area contributed by atoms with Gasteiger partial charge in [0.05, 0.1) is 6.20 Å². The van der Waals surface area contributed by atoms with E-state index >= 15 is 0 Å². The minimum Gasteiger partial charge on any atom is -0.381 e. The van der Waals surface area contributed by atoms with Gasteiger partial charge in [-0.15, -0.1) is 0 Å². The normalized spacial score (nSPS) is 18.8. The Hall–Kier alpha value is -1.86. The fourth-order valence-electron chi connectivity index (χ4n) is 1.83. The molecular formula is C9H10BrN7O. The van der Waals surface area contributed by atoms with Crippen LogP contribution in [-0.2, 0) is 4.79 Å². The number of amides is 1. The van der Waals surface area contributed by atoms with Crippen LogP contribution >= 0.6 is 15.9 Å². The Morgan fingerprint density at radius 1 is 1.72 bits per heavy atom. The molecule has 0 saturated carbocycles. The number of azide groups is 1. The van der Waals surface area contributed by atoms with E-state index in [2.05, 4.69) is 35.9 Å². The van der Waals surface area contributed by atoms with Crippen molar-refractivity contribution < 1.29 is 4.79 Å². The monoisotopic (exact) mass is 311 g/mol. The van der Waals surface area contributed by atoms with Crippen LogP contribution < -0.4 is 10.6 Å². The van der Waals surface area contributed by atoms with Crippen LogP contribution in [0.15, 0.2) is 15.9 Å². The highest BCUT2D eigenvalue weighted by Crippen LogP contribution is 2.28. The van der Waals surface area contributed by atoms with E-state index in [0.717, 1.165) is 0 Å². The molecule has 0 aliphatic carbocycles. The minimum atomic E-state index is -0.0905. The van der Waals surface area contributed by atoms with Crippen molar-refractivity contribution in [2.45, 2.75) is 6.42 Å². The number of rotatable bonds is 3. The van der Waals surface area contributed by atoms with Gasteiger partial charge in [0.1, 0.15) is 4.60 Å². The van der Waals surface area contributed by atoms with Crippen molar-refractivity contribution in [2.75, 3.05) is 23.7 Å². The second-order valence-electron chi connectivity index (χ2n) is 3.89. The summed E-state index contributed by atoms with van der Waals surface area (Å²) < 4.78 is 0.512. The summed E-state index contributed by atoms with van der Waals surface area (Å²) in [7, 11) is 0. The van der Waals surface area contributed by atoms with E-state index in [4.69, 9.17) is 11.3 Å². The maximum atomic E-state index is 11.9. The molecule has 0 radical (unpaired) electrons. The number of hydrogen-bond acceptors (Lipinski definition) is 5. The number of carbonyl (C=O) groups is 1. The smallest absolute Gasteiger partial charge is 0.228 e. The molecule has 1 aromatic heterocycles. The molecule has 1 amide bonds. The zero-order valence-electron chi connectivity index (χ0n) is 9.32. The van der Waals surface area contributed by atoms with E-state index in [1.54, 1.807) is 0 Å². The predicted molar refractivity (Wildman–Crippen MR) is 68.6 cm³/mol. The summed E-state index contributed by atoms with van der Waals surface area (Å²) in [5.41, 5.74) is 14.0. The summed E-state index contributed by atoms with van der Waals surface area (Å²) >= 11 is 3.19. The molecule has 1 atom stereocenters. The van der Waals surface area contributed by atoms with E-state index in [1.165, 1.54) is 11.1 Å². The van der Waals surface area contributed by atoms with Crippen molar-refractivity contribution in [3.05, 3.63) is 21.2 Å². The van der Waals surface area contributed by atoms with E-state index < -0.39 is 0 Å². The van der Waals surface area contributed by atoms with Gasteiger partial charge in [-0.2, -0.15) is 0 Å². The summed E-state index contributed by atoms with van der Waals surface area (Å²) in [4.78, 5) is 24.1. The van der Waals surface area contributed by atoms with E-state index in [0.29, 0.717) is 29.9 Å². The van der Waals surface area contributed by atoms with Crippen LogP contribution in [0.25, 0.3) is 10.4 Å². The molecule has 9 heteroatoms. The van der Waals surface area contributed by atoms with Crippen LogP contribution in [0.4, 0.5) is 11.6 Å². The largest absolute Gasteiger partial charge is 0.381 e. The average Bonchev–Trinajstić information content (AvgIpc) is 2.71. The third kappa shape index (κ3) is 2.52. The van der Waals surface area contributed by atoms with Crippen molar-refractivity contribution in [3.8, 4) is 0 Å². The Morgan fingerprint density at radius 2 is 2.50 bits per heavy atom. The highest BCUT2D eigenvalue weighted by molar-refractivity contribution is 9.10. The van der Waals surface area contributed by atoms with E-state index in [9.17, 15) is 4.79 Å². The van der Waals surface area contributed by atoms with Gasteiger partial charge in [0.15, 0.2) is 11.6 Å². The quantitative estimate of drug-likeness (QED) is 0.516. The number of carbonyl (C=O) groups excluding carboxylic acids is 1. The lowest BCUT2D eigenvalue weighted by molar-refractivity contribution is -0.117. The Labute approximate surface area is 111 Å². The number of hydrogen-bond donors (Lipinski definition) is 1. The average molecular weight is 312 g/mol. The van der Waals surface area contributed by atoms with Gasteiger partial charge >= 0.3 is 0 Å².